The first-order valence-corrected chi connectivity index (χ1v) is 9.04. The maximum Gasteiger partial charge on any atom is 0.211 e. The highest BCUT2D eigenvalue weighted by Crippen LogP contribution is 2.34. The molecule has 1 aliphatic rings. The molecule has 3 heterocycles. The van der Waals surface area contributed by atoms with E-state index < -0.39 is 10.0 Å². The zero-order chi connectivity index (χ0) is 15.9. The molecule has 1 atom stereocenters. The van der Waals surface area contributed by atoms with Crippen molar-refractivity contribution >= 4 is 10.0 Å². The monoisotopic (exact) mass is 321 g/mol. The predicted octanol–water partition coefficient (Wildman–Crippen LogP) is 1.58. The quantitative estimate of drug-likeness (QED) is 0.926. The van der Waals surface area contributed by atoms with Gasteiger partial charge in [-0.05, 0) is 38.8 Å². The largest absolute Gasteiger partial charge is 0.282 e. The number of nitrogens with one attached hydrogen (secondary N) is 1. The Labute approximate surface area is 129 Å². The molecule has 1 saturated heterocycles. The van der Waals surface area contributed by atoms with Gasteiger partial charge in [-0.3, -0.25) is 5.10 Å². The Morgan fingerprint density at radius 2 is 2.00 bits per heavy atom. The molecule has 8 heteroatoms. The van der Waals surface area contributed by atoms with Gasteiger partial charge in [0.15, 0.2) is 0 Å². The molecule has 0 aliphatic carbocycles. The van der Waals surface area contributed by atoms with Crippen molar-refractivity contribution in [2.45, 2.75) is 32.7 Å². The molecule has 1 N–H and O–H groups in total. The number of hydrogen-bond acceptors (Lipinski definition) is 5. The van der Waals surface area contributed by atoms with Crippen molar-refractivity contribution in [3.8, 4) is 11.4 Å². The Bertz CT molecular complexity index is 799. The van der Waals surface area contributed by atoms with E-state index in [1.165, 1.54) is 10.6 Å². The third-order valence-electron chi connectivity index (χ3n) is 3.80. The van der Waals surface area contributed by atoms with Gasteiger partial charge in [0.1, 0.15) is 11.5 Å². The normalized spacial score (nSPS) is 19.7. The molecule has 22 heavy (non-hydrogen) atoms. The van der Waals surface area contributed by atoms with Gasteiger partial charge in [-0.25, -0.2) is 18.4 Å². The molecule has 0 aromatic carbocycles. The zero-order valence-electron chi connectivity index (χ0n) is 12.9. The average molecular weight is 321 g/mol. The van der Waals surface area contributed by atoms with Crippen LogP contribution in [0, 0.1) is 13.8 Å². The molecule has 0 bridgehead atoms. The van der Waals surface area contributed by atoms with Crippen molar-refractivity contribution in [1.29, 1.82) is 0 Å². The number of H-pyrrole nitrogens is 1. The first-order chi connectivity index (χ1) is 10.3. The molecule has 2 aromatic heterocycles. The van der Waals surface area contributed by atoms with Gasteiger partial charge < -0.3 is 0 Å². The van der Waals surface area contributed by atoms with Crippen molar-refractivity contribution in [2.75, 3.05) is 12.8 Å². The van der Waals surface area contributed by atoms with Gasteiger partial charge in [0.25, 0.3) is 0 Å². The number of sulfonamides is 1. The summed E-state index contributed by atoms with van der Waals surface area (Å²) in [5.74, 6) is 0.619. The molecule has 0 radical (unpaired) electrons. The van der Waals surface area contributed by atoms with E-state index in [4.69, 9.17) is 0 Å². The fourth-order valence-electron chi connectivity index (χ4n) is 2.87. The SMILES string of the molecule is Cc1nc(-c2cc(C)[nH]n2)cc([C@H]2CCCN2S(C)(=O)=O)n1. The van der Waals surface area contributed by atoms with Crippen LogP contribution in [-0.4, -0.2) is 45.7 Å². The van der Waals surface area contributed by atoms with E-state index in [0.717, 1.165) is 29.9 Å². The van der Waals surface area contributed by atoms with Gasteiger partial charge in [-0.1, -0.05) is 0 Å². The minimum atomic E-state index is -3.23. The van der Waals surface area contributed by atoms with Gasteiger partial charge in [-0.15, -0.1) is 0 Å². The van der Waals surface area contributed by atoms with Crippen LogP contribution < -0.4 is 0 Å². The maximum absolute atomic E-state index is 11.9. The molecule has 118 valence electrons. The minimum absolute atomic E-state index is 0.213. The Morgan fingerprint density at radius 3 is 2.64 bits per heavy atom. The second-order valence-corrected chi connectivity index (χ2v) is 7.63. The molecule has 1 fully saturated rings. The summed E-state index contributed by atoms with van der Waals surface area (Å²) in [6, 6.07) is 3.54. The molecular weight excluding hydrogens is 302 g/mol. The van der Waals surface area contributed by atoms with Crippen LogP contribution in [0.5, 0.6) is 0 Å². The molecule has 3 rings (SSSR count). The molecule has 2 aromatic rings. The molecule has 0 amide bonds. The van der Waals surface area contributed by atoms with Gasteiger partial charge >= 0.3 is 0 Å². The fourth-order valence-corrected chi connectivity index (χ4v) is 4.01. The lowest BCUT2D eigenvalue weighted by Crippen LogP contribution is -2.30. The Kier molecular flexibility index (Phi) is 3.73. The maximum atomic E-state index is 11.9. The van der Waals surface area contributed by atoms with Crippen LogP contribution in [0.2, 0.25) is 0 Å². The Hall–Kier alpha value is -1.80. The van der Waals surface area contributed by atoms with Crippen LogP contribution in [0.1, 0.15) is 36.1 Å². The Morgan fingerprint density at radius 1 is 1.23 bits per heavy atom. The highest BCUT2D eigenvalue weighted by atomic mass is 32.2. The van der Waals surface area contributed by atoms with Crippen molar-refractivity contribution in [3.05, 3.63) is 29.3 Å². The lowest BCUT2D eigenvalue weighted by molar-refractivity contribution is 0.393. The summed E-state index contributed by atoms with van der Waals surface area (Å²) < 4.78 is 25.4. The van der Waals surface area contributed by atoms with Crippen LogP contribution in [-0.2, 0) is 10.0 Å². The summed E-state index contributed by atoms with van der Waals surface area (Å²) >= 11 is 0. The van der Waals surface area contributed by atoms with E-state index in [0.29, 0.717) is 18.1 Å². The van der Waals surface area contributed by atoms with E-state index in [9.17, 15) is 8.42 Å². The fraction of sp³-hybridized carbons (Fsp3) is 0.500. The van der Waals surface area contributed by atoms with E-state index in [2.05, 4.69) is 20.2 Å². The second kappa shape index (κ2) is 5.44. The molecule has 0 unspecified atom stereocenters. The van der Waals surface area contributed by atoms with Crippen molar-refractivity contribution < 1.29 is 8.42 Å². The number of rotatable bonds is 3. The van der Waals surface area contributed by atoms with E-state index in [-0.39, 0.29) is 6.04 Å². The number of nitrogens with zero attached hydrogens (tertiary/aromatic N) is 4. The van der Waals surface area contributed by atoms with E-state index in [1.54, 1.807) is 0 Å². The third kappa shape index (κ3) is 2.89. The van der Waals surface area contributed by atoms with Crippen molar-refractivity contribution in [3.63, 3.8) is 0 Å². The van der Waals surface area contributed by atoms with Crippen molar-refractivity contribution in [2.24, 2.45) is 0 Å². The second-order valence-electron chi connectivity index (χ2n) is 5.69. The predicted molar refractivity (Wildman–Crippen MR) is 82.6 cm³/mol. The molecule has 1 aliphatic heterocycles. The molecule has 7 nitrogen and oxygen atoms in total. The first-order valence-electron chi connectivity index (χ1n) is 7.19. The highest BCUT2D eigenvalue weighted by Gasteiger charge is 2.33. The van der Waals surface area contributed by atoms with Gasteiger partial charge in [0, 0.05) is 12.2 Å². The number of hydrogen-bond donors (Lipinski definition) is 1. The summed E-state index contributed by atoms with van der Waals surface area (Å²) in [5.41, 5.74) is 3.15. The first kappa shape index (κ1) is 15.1. The number of aryl methyl sites for hydroxylation is 2. The van der Waals surface area contributed by atoms with Crippen LogP contribution in [0.3, 0.4) is 0 Å². The topological polar surface area (TPSA) is 91.8 Å². The number of aromatic nitrogens is 4. The molecule has 0 saturated carbocycles. The lowest BCUT2D eigenvalue weighted by atomic mass is 10.1. The summed E-state index contributed by atoms with van der Waals surface area (Å²) in [6.07, 6.45) is 2.87. The number of aromatic amines is 1. The summed E-state index contributed by atoms with van der Waals surface area (Å²) in [7, 11) is -3.23. The minimum Gasteiger partial charge on any atom is -0.282 e. The lowest BCUT2D eigenvalue weighted by Gasteiger charge is -2.22. The summed E-state index contributed by atoms with van der Waals surface area (Å²) in [4.78, 5) is 8.87. The van der Waals surface area contributed by atoms with Gasteiger partial charge in [0.2, 0.25) is 10.0 Å². The van der Waals surface area contributed by atoms with Crippen LogP contribution in [0.25, 0.3) is 11.4 Å². The van der Waals surface area contributed by atoms with Gasteiger partial charge in [0.05, 0.1) is 23.7 Å². The smallest absolute Gasteiger partial charge is 0.211 e. The van der Waals surface area contributed by atoms with Crippen LogP contribution >= 0.6 is 0 Å². The van der Waals surface area contributed by atoms with Crippen LogP contribution in [0.4, 0.5) is 0 Å². The van der Waals surface area contributed by atoms with E-state index in [1.807, 2.05) is 26.0 Å². The molecule has 0 spiro atoms. The average Bonchev–Trinajstić information content (AvgIpc) is 3.05. The Balaban J connectivity index is 2.03. The van der Waals surface area contributed by atoms with Gasteiger partial charge in [-0.2, -0.15) is 9.40 Å². The van der Waals surface area contributed by atoms with Crippen LogP contribution in [0.15, 0.2) is 12.1 Å². The third-order valence-corrected chi connectivity index (χ3v) is 5.09. The molecular formula is C14H19N5O2S. The highest BCUT2D eigenvalue weighted by molar-refractivity contribution is 7.88. The van der Waals surface area contributed by atoms with E-state index >= 15 is 0 Å². The van der Waals surface area contributed by atoms with Crippen molar-refractivity contribution in [1.82, 2.24) is 24.5 Å². The summed E-state index contributed by atoms with van der Waals surface area (Å²) in [5, 5.41) is 7.11. The zero-order valence-corrected chi connectivity index (χ0v) is 13.7. The standard InChI is InChI=1S/C14H19N5O2S/c1-9-7-12(18-17-9)11-8-13(16-10(2)15-11)14-5-4-6-19(14)22(3,20)21/h7-8,14H,4-6H2,1-3H3,(H,17,18)/t14-/m1/s1. The summed E-state index contributed by atoms with van der Waals surface area (Å²) in [6.45, 7) is 4.28.